The highest BCUT2D eigenvalue weighted by molar-refractivity contribution is 9.09. The molecule has 38 heavy (non-hydrogen) atoms. The first-order chi connectivity index (χ1) is 17.5. The van der Waals surface area contributed by atoms with Crippen LogP contribution in [0.15, 0.2) is 10.5 Å². The molecule has 0 aliphatic rings. The summed E-state index contributed by atoms with van der Waals surface area (Å²) in [5.74, 6) is -22.6. The normalized spacial score (nSPS) is 11.6. The van der Waals surface area contributed by atoms with Crippen molar-refractivity contribution in [1.29, 1.82) is 0 Å². The Morgan fingerprint density at radius 2 is 1.24 bits per heavy atom. The minimum Gasteiger partial charge on any atom is -0.293 e. The van der Waals surface area contributed by atoms with Gasteiger partial charge in [0, 0.05) is 0 Å². The van der Waals surface area contributed by atoms with E-state index in [1.165, 1.54) is 0 Å². The van der Waals surface area contributed by atoms with Crippen molar-refractivity contribution in [3.8, 4) is 11.3 Å². The van der Waals surface area contributed by atoms with E-state index in [1.807, 2.05) is 0 Å². The summed E-state index contributed by atoms with van der Waals surface area (Å²) in [6.07, 6.45) is 0.818. The maximum atomic E-state index is 13.7. The Hall–Kier alpha value is -3.10. The van der Waals surface area contributed by atoms with Gasteiger partial charge in [0.15, 0.2) is 52.3 Å². The lowest BCUT2D eigenvalue weighted by Gasteiger charge is -2.05. The van der Waals surface area contributed by atoms with Crippen molar-refractivity contribution >= 4 is 48.0 Å². The summed E-state index contributed by atoms with van der Waals surface area (Å²) < 4.78 is 153. The first kappa shape index (κ1) is 29.5. The molecule has 2 aromatic heterocycles. The number of alkyl halides is 1. The number of hydrogen-bond acceptors (Lipinski definition) is 6. The highest BCUT2D eigenvalue weighted by atomic mass is 79.9. The molecule has 0 bridgehead atoms. The van der Waals surface area contributed by atoms with Crippen LogP contribution in [0.1, 0.15) is 10.4 Å². The fourth-order valence-electron chi connectivity index (χ4n) is 2.66. The van der Waals surface area contributed by atoms with Gasteiger partial charge in [0.1, 0.15) is 0 Å². The van der Waals surface area contributed by atoms with E-state index in [-0.39, 0.29) is 4.96 Å². The molecule has 0 aliphatic carbocycles. The third kappa shape index (κ3) is 5.12. The summed E-state index contributed by atoms with van der Waals surface area (Å²) in [6.45, 7) is 0. The maximum Gasteiger partial charge on any atom is 0.267 e. The largest absolute Gasteiger partial charge is 0.293 e. The molecule has 204 valence electrons. The monoisotopic (exact) mass is 658 g/mol. The Balaban J connectivity index is 0.000000232. The lowest BCUT2D eigenvalue weighted by molar-refractivity contribution is 0.101. The predicted molar refractivity (Wildman–Crippen MR) is 112 cm³/mol. The molecule has 2 N–H and O–H groups in total. The number of rotatable bonds is 4. The van der Waals surface area contributed by atoms with Gasteiger partial charge in [0.2, 0.25) is 20.9 Å². The van der Waals surface area contributed by atoms with Crippen molar-refractivity contribution < 1.29 is 57.1 Å². The molecule has 2 aromatic carbocycles. The van der Waals surface area contributed by atoms with Crippen molar-refractivity contribution in [3.63, 3.8) is 0 Å². The van der Waals surface area contributed by atoms with E-state index in [4.69, 9.17) is 5.14 Å². The molecule has 4 rings (SSSR count). The molecule has 4 aromatic rings. The third-order valence-electron chi connectivity index (χ3n) is 4.34. The molecule has 0 amide bonds. The van der Waals surface area contributed by atoms with Crippen LogP contribution in [-0.4, -0.2) is 34.1 Å². The van der Waals surface area contributed by atoms with Gasteiger partial charge in [-0.3, -0.25) is 4.79 Å². The number of sulfonamides is 1. The quantitative estimate of drug-likeness (QED) is 0.112. The van der Waals surface area contributed by atoms with Gasteiger partial charge in [-0.2, -0.15) is 0 Å². The van der Waals surface area contributed by atoms with Crippen molar-refractivity contribution in [2.75, 3.05) is 5.33 Å². The fraction of sp³-hybridized carbons (Fsp3) is 0.0556. The molecule has 2 heterocycles. The van der Waals surface area contributed by atoms with Gasteiger partial charge in [0.25, 0.3) is 10.0 Å². The van der Waals surface area contributed by atoms with E-state index >= 15 is 0 Å². The van der Waals surface area contributed by atoms with E-state index in [2.05, 4.69) is 26.0 Å². The Morgan fingerprint density at radius 1 is 0.816 bits per heavy atom. The summed E-state index contributed by atoms with van der Waals surface area (Å²) in [6, 6.07) is 0. The molecule has 0 fully saturated rings. The number of fused-ring (bicyclic) bond motifs is 1. The molecular weight excluding hydrogens is 654 g/mol. The minimum absolute atomic E-state index is 0.159. The topological polar surface area (TPSA) is 107 Å². The van der Waals surface area contributed by atoms with Crippen molar-refractivity contribution in [2.45, 2.75) is 4.34 Å². The SMILES string of the molecule is NS(=O)(=O)c1nn2cc(-c3c(F)c(F)c(F)c(F)c3F)nc2s1.O=C(CBr)c1c(F)c(F)c(F)c(F)c1F. The van der Waals surface area contributed by atoms with Gasteiger partial charge in [-0.05, 0) is 0 Å². The van der Waals surface area contributed by atoms with Crippen LogP contribution in [-0.2, 0) is 10.0 Å². The average Bonchev–Trinajstić information content (AvgIpc) is 3.44. The molecule has 0 radical (unpaired) electrons. The van der Waals surface area contributed by atoms with Crippen LogP contribution in [0.25, 0.3) is 16.2 Å². The number of Topliss-reactive ketones (excluding diaryl/α,β-unsaturated/α-hetero) is 1. The second-order valence-corrected chi connectivity index (χ2v) is 9.96. The molecule has 0 saturated heterocycles. The molecule has 20 heteroatoms. The van der Waals surface area contributed by atoms with E-state index in [0.717, 1.165) is 10.7 Å². The lowest BCUT2D eigenvalue weighted by atomic mass is 10.1. The van der Waals surface area contributed by atoms with Crippen LogP contribution in [0.2, 0.25) is 0 Å². The van der Waals surface area contributed by atoms with Gasteiger partial charge >= 0.3 is 0 Å². The summed E-state index contributed by atoms with van der Waals surface area (Å²) in [5, 5.41) is 7.82. The zero-order valence-corrected chi connectivity index (χ0v) is 20.6. The molecule has 0 unspecified atom stereocenters. The smallest absolute Gasteiger partial charge is 0.267 e. The Labute approximate surface area is 215 Å². The van der Waals surface area contributed by atoms with Gasteiger partial charge in [-0.1, -0.05) is 27.3 Å². The fourth-order valence-corrected chi connectivity index (χ4v) is 4.45. The Bertz CT molecular complexity index is 1640. The Kier molecular flexibility index (Phi) is 8.20. The number of nitrogens with two attached hydrogens (primary N) is 1. The van der Waals surface area contributed by atoms with Crippen LogP contribution < -0.4 is 5.14 Å². The standard InChI is InChI=1S/C10H3F5N4O2S2.C8H2BrF5O/c11-4-3(5(12)7(14)8(15)6(4)13)2-1-19-9(17-2)22-10(18-19)23(16,20)21;9-1-2(15)3-4(10)6(12)8(14)7(13)5(3)11/h1H,(H2,16,20,21);1H2. The number of benzene rings is 2. The molecule has 7 nitrogen and oxygen atoms in total. The minimum atomic E-state index is -4.12. The number of carbonyl (C=O) groups is 1. The number of nitrogens with zero attached hydrogens (tertiary/aromatic N) is 3. The van der Waals surface area contributed by atoms with E-state index in [1.54, 1.807) is 0 Å². The number of carbonyl (C=O) groups excluding carboxylic acids is 1. The molecule has 0 aliphatic heterocycles. The van der Waals surface area contributed by atoms with E-state index < -0.39 is 100 Å². The van der Waals surface area contributed by atoms with Crippen LogP contribution in [0, 0.1) is 58.2 Å². The number of hydrogen-bond donors (Lipinski definition) is 1. The van der Waals surface area contributed by atoms with Crippen LogP contribution in [0.3, 0.4) is 0 Å². The van der Waals surface area contributed by atoms with Crippen LogP contribution >= 0.6 is 27.3 Å². The molecular formula is C18H5BrF10N4O3S2. The highest BCUT2D eigenvalue weighted by Crippen LogP contribution is 2.32. The third-order valence-corrected chi connectivity index (χ3v) is 7.09. The highest BCUT2D eigenvalue weighted by Gasteiger charge is 2.30. The van der Waals surface area contributed by atoms with Gasteiger partial charge < -0.3 is 0 Å². The molecule has 0 saturated carbocycles. The van der Waals surface area contributed by atoms with Crippen LogP contribution in [0.4, 0.5) is 43.9 Å². The second-order valence-electron chi connectivity index (χ2n) is 6.71. The number of halogens is 11. The maximum absolute atomic E-state index is 13.7. The number of primary sulfonamides is 1. The number of aromatic nitrogens is 3. The molecule has 0 spiro atoms. The zero-order chi connectivity index (χ0) is 28.9. The zero-order valence-electron chi connectivity index (χ0n) is 17.4. The molecule has 0 atom stereocenters. The predicted octanol–water partition coefficient (Wildman–Crippen LogP) is 4.76. The van der Waals surface area contributed by atoms with Gasteiger partial charge in [-0.15, -0.1) is 5.10 Å². The summed E-state index contributed by atoms with van der Waals surface area (Å²) in [7, 11) is -4.12. The van der Waals surface area contributed by atoms with Crippen molar-refractivity contribution in [1.82, 2.24) is 14.6 Å². The Morgan fingerprint density at radius 3 is 1.63 bits per heavy atom. The number of ketones is 1. The summed E-state index contributed by atoms with van der Waals surface area (Å²) in [4.78, 5) is 14.3. The first-order valence-electron chi connectivity index (χ1n) is 9.04. The second kappa shape index (κ2) is 10.6. The first-order valence-corrected chi connectivity index (χ1v) is 12.5. The van der Waals surface area contributed by atoms with Crippen LogP contribution in [0.5, 0.6) is 0 Å². The summed E-state index contributed by atoms with van der Waals surface area (Å²) >= 11 is 3.03. The van der Waals surface area contributed by atoms with Gasteiger partial charge in [0.05, 0.1) is 28.3 Å². The van der Waals surface area contributed by atoms with Gasteiger partial charge in [-0.25, -0.2) is 67.0 Å². The summed E-state index contributed by atoms with van der Waals surface area (Å²) in [5.41, 5.74) is -3.27. The number of imidazole rings is 1. The van der Waals surface area contributed by atoms with E-state index in [9.17, 15) is 57.1 Å². The van der Waals surface area contributed by atoms with Crippen molar-refractivity contribution in [3.05, 3.63) is 69.9 Å². The van der Waals surface area contributed by atoms with Crippen molar-refractivity contribution in [2.24, 2.45) is 5.14 Å². The van der Waals surface area contributed by atoms with E-state index in [0.29, 0.717) is 11.3 Å². The lowest BCUT2D eigenvalue weighted by Crippen LogP contribution is -2.13. The average molecular weight is 659 g/mol.